The van der Waals surface area contributed by atoms with Crippen molar-refractivity contribution in [3.8, 4) is 17.6 Å². The SMILES string of the molecule is CCCCCC(C)=CCC(C(O)c1ccc2c(c1)OCCO2)N(C)C(=O)CCCCCC#N. The van der Waals surface area contributed by atoms with E-state index < -0.39 is 6.10 Å². The molecule has 6 heteroatoms. The number of likely N-dealkylation sites (N-methyl/N-ethyl adjacent to an activating group) is 1. The van der Waals surface area contributed by atoms with Crippen molar-refractivity contribution in [3.05, 3.63) is 35.4 Å². The predicted molar refractivity (Wildman–Crippen MR) is 130 cm³/mol. The van der Waals surface area contributed by atoms with Crippen LogP contribution in [0.1, 0.15) is 89.7 Å². The summed E-state index contributed by atoms with van der Waals surface area (Å²) in [5, 5.41) is 20.0. The summed E-state index contributed by atoms with van der Waals surface area (Å²) in [5.41, 5.74) is 2.01. The van der Waals surface area contributed by atoms with Crippen LogP contribution >= 0.6 is 0 Å². The monoisotopic (exact) mass is 456 g/mol. The Kier molecular flexibility index (Phi) is 11.8. The van der Waals surface area contributed by atoms with Crippen molar-refractivity contribution in [2.24, 2.45) is 0 Å². The fraction of sp³-hybridized carbons (Fsp3) is 0.630. The molecule has 0 saturated carbocycles. The molecule has 2 unspecified atom stereocenters. The van der Waals surface area contributed by atoms with Crippen LogP contribution in [-0.2, 0) is 4.79 Å². The highest BCUT2D eigenvalue weighted by Gasteiger charge is 2.28. The summed E-state index contributed by atoms with van der Waals surface area (Å²) in [4.78, 5) is 14.6. The highest BCUT2D eigenvalue weighted by Crippen LogP contribution is 2.35. The smallest absolute Gasteiger partial charge is 0.222 e. The lowest BCUT2D eigenvalue weighted by Gasteiger charge is -2.32. The average Bonchev–Trinajstić information content (AvgIpc) is 2.83. The summed E-state index contributed by atoms with van der Waals surface area (Å²) < 4.78 is 11.3. The Balaban J connectivity index is 2.12. The van der Waals surface area contributed by atoms with Crippen LogP contribution in [-0.4, -0.2) is 42.2 Å². The van der Waals surface area contributed by atoms with Crippen molar-refractivity contribution in [1.82, 2.24) is 4.90 Å². The minimum Gasteiger partial charge on any atom is -0.486 e. The van der Waals surface area contributed by atoms with E-state index in [9.17, 15) is 9.90 Å². The summed E-state index contributed by atoms with van der Waals surface area (Å²) in [5.74, 6) is 1.34. The summed E-state index contributed by atoms with van der Waals surface area (Å²) in [6.07, 6.45) is 9.88. The minimum absolute atomic E-state index is 0.0191. The molecule has 1 N–H and O–H groups in total. The van der Waals surface area contributed by atoms with Gasteiger partial charge in [0, 0.05) is 19.9 Å². The van der Waals surface area contributed by atoms with Crippen molar-refractivity contribution in [1.29, 1.82) is 5.26 Å². The van der Waals surface area contributed by atoms with E-state index >= 15 is 0 Å². The summed E-state index contributed by atoms with van der Waals surface area (Å²) >= 11 is 0. The first-order valence-corrected chi connectivity index (χ1v) is 12.3. The van der Waals surface area contributed by atoms with E-state index in [1.807, 2.05) is 18.2 Å². The summed E-state index contributed by atoms with van der Waals surface area (Å²) in [6.45, 7) is 5.32. The van der Waals surface area contributed by atoms with Gasteiger partial charge in [-0.15, -0.1) is 0 Å². The molecule has 0 bridgehead atoms. The standard InChI is InChI=1S/C27H40N2O4/c1-4-5-8-11-21(2)13-15-23(29(3)26(30)12-9-6-7-10-17-28)27(31)22-14-16-24-25(20-22)33-19-18-32-24/h13-14,16,20,23,27,31H,4-12,15,18-19H2,1-3H3. The van der Waals surface area contributed by atoms with E-state index in [0.717, 1.165) is 37.7 Å². The number of hydrogen-bond donors (Lipinski definition) is 1. The lowest BCUT2D eigenvalue weighted by atomic mass is 9.96. The number of aliphatic hydroxyl groups is 1. The van der Waals surface area contributed by atoms with Crippen molar-refractivity contribution in [3.63, 3.8) is 0 Å². The first kappa shape index (κ1) is 26.7. The van der Waals surface area contributed by atoms with Gasteiger partial charge in [-0.3, -0.25) is 4.79 Å². The molecule has 0 saturated heterocycles. The van der Waals surface area contributed by atoms with Crippen molar-refractivity contribution >= 4 is 5.91 Å². The van der Waals surface area contributed by atoms with Gasteiger partial charge < -0.3 is 19.5 Å². The van der Waals surface area contributed by atoms with Crippen LogP contribution in [0, 0.1) is 11.3 Å². The number of rotatable bonds is 14. The van der Waals surface area contributed by atoms with Gasteiger partial charge in [0.2, 0.25) is 5.91 Å². The molecule has 1 heterocycles. The number of benzene rings is 1. The molecule has 182 valence electrons. The number of nitrogens with zero attached hydrogens (tertiary/aromatic N) is 2. The third-order valence-electron chi connectivity index (χ3n) is 6.22. The van der Waals surface area contributed by atoms with Crippen LogP contribution < -0.4 is 9.47 Å². The molecule has 6 nitrogen and oxygen atoms in total. The number of unbranched alkanes of at least 4 members (excludes halogenated alkanes) is 5. The van der Waals surface area contributed by atoms with E-state index in [1.165, 1.54) is 18.4 Å². The molecule has 1 amide bonds. The number of nitriles is 1. The molecular weight excluding hydrogens is 416 g/mol. The Morgan fingerprint density at radius 3 is 2.61 bits per heavy atom. The number of ether oxygens (including phenoxy) is 2. The van der Waals surface area contributed by atoms with Crippen LogP contribution in [0.5, 0.6) is 11.5 Å². The number of aliphatic hydroxyl groups excluding tert-OH is 1. The quantitative estimate of drug-likeness (QED) is 0.286. The number of hydrogen-bond acceptors (Lipinski definition) is 5. The average molecular weight is 457 g/mol. The van der Waals surface area contributed by atoms with Crippen LogP contribution in [0.25, 0.3) is 0 Å². The van der Waals surface area contributed by atoms with Crippen LogP contribution in [0.3, 0.4) is 0 Å². The van der Waals surface area contributed by atoms with Crippen LogP contribution in [0.15, 0.2) is 29.8 Å². The van der Waals surface area contributed by atoms with Crippen molar-refractivity contribution in [2.75, 3.05) is 20.3 Å². The van der Waals surface area contributed by atoms with Crippen LogP contribution in [0.4, 0.5) is 0 Å². The maximum absolute atomic E-state index is 12.9. The Labute approximate surface area is 199 Å². The molecule has 33 heavy (non-hydrogen) atoms. The summed E-state index contributed by atoms with van der Waals surface area (Å²) in [7, 11) is 1.78. The summed E-state index contributed by atoms with van der Waals surface area (Å²) in [6, 6.07) is 7.27. The lowest BCUT2D eigenvalue weighted by Crippen LogP contribution is -2.40. The van der Waals surface area contributed by atoms with E-state index in [-0.39, 0.29) is 11.9 Å². The predicted octanol–water partition coefficient (Wildman–Crippen LogP) is 5.71. The molecule has 1 aromatic rings. The Bertz CT molecular complexity index is 815. The fourth-order valence-electron chi connectivity index (χ4n) is 4.06. The second kappa shape index (κ2) is 14.6. The Morgan fingerprint density at radius 2 is 1.88 bits per heavy atom. The van der Waals surface area contributed by atoms with E-state index in [1.54, 1.807) is 11.9 Å². The zero-order valence-electron chi connectivity index (χ0n) is 20.5. The van der Waals surface area contributed by atoms with E-state index in [0.29, 0.717) is 44.0 Å². The van der Waals surface area contributed by atoms with Gasteiger partial charge in [-0.2, -0.15) is 5.26 Å². The molecule has 0 radical (unpaired) electrons. The third kappa shape index (κ3) is 8.74. The highest BCUT2D eigenvalue weighted by molar-refractivity contribution is 5.76. The van der Waals surface area contributed by atoms with Gasteiger partial charge >= 0.3 is 0 Å². The van der Waals surface area contributed by atoms with Gasteiger partial charge in [-0.05, 0) is 56.7 Å². The largest absolute Gasteiger partial charge is 0.486 e. The number of carbonyl (C=O) groups excluding carboxylic acids is 1. The number of amides is 1. The minimum atomic E-state index is -0.840. The normalized spacial score (nSPS) is 14.9. The van der Waals surface area contributed by atoms with E-state index in [2.05, 4.69) is 26.0 Å². The second-order valence-electron chi connectivity index (χ2n) is 8.88. The Morgan fingerprint density at radius 1 is 1.15 bits per heavy atom. The lowest BCUT2D eigenvalue weighted by molar-refractivity contribution is -0.134. The molecule has 0 aromatic heterocycles. The third-order valence-corrected chi connectivity index (χ3v) is 6.22. The molecule has 0 spiro atoms. The fourth-order valence-corrected chi connectivity index (χ4v) is 4.06. The molecule has 1 aliphatic rings. The maximum atomic E-state index is 12.9. The molecule has 0 aliphatic carbocycles. The number of allylic oxidation sites excluding steroid dienone is 1. The van der Waals surface area contributed by atoms with Crippen molar-refractivity contribution in [2.45, 2.75) is 90.2 Å². The van der Waals surface area contributed by atoms with Crippen LogP contribution in [0.2, 0.25) is 0 Å². The number of fused-ring (bicyclic) bond motifs is 1. The molecule has 1 aromatic carbocycles. The van der Waals surface area contributed by atoms with Gasteiger partial charge in [-0.25, -0.2) is 0 Å². The second-order valence-corrected chi connectivity index (χ2v) is 8.88. The van der Waals surface area contributed by atoms with Gasteiger partial charge in [0.05, 0.1) is 18.2 Å². The first-order chi connectivity index (χ1) is 16.0. The zero-order valence-corrected chi connectivity index (χ0v) is 20.5. The molecule has 2 rings (SSSR count). The van der Waals surface area contributed by atoms with E-state index in [4.69, 9.17) is 14.7 Å². The van der Waals surface area contributed by atoms with Gasteiger partial charge in [0.1, 0.15) is 13.2 Å². The maximum Gasteiger partial charge on any atom is 0.222 e. The van der Waals surface area contributed by atoms with Gasteiger partial charge in [-0.1, -0.05) is 43.9 Å². The molecule has 2 atom stereocenters. The topological polar surface area (TPSA) is 82.8 Å². The highest BCUT2D eigenvalue weighted by atomic mass is 16.6. The first-order valence-electron chi connectivity index (χ1n) is 12.3. The van der Waals surface area contributed by atoms with Crippen molar-refractivity contribution < 1.29 is 19.4 Å². The number of carbonyl (C=O) groups is 1. The molecular formula is C27H40N2O4. The van der Waals surface area contributed by atoms with Gasteiger partial charge in [0.15, 0.2) is 11.5 Å². The molecule has 1 aliphatic heterocycles. The zero-order chi connectivity index (χ0) is 24.1. The van der Waals surface area contributed by atoms with Gasteiger partial charge in [0.25, 0.3) is 0 Å². The Hall–Kier alpha value is -2.52. The molecule has 0 fully saturated rings.